The van der Waals surface area contributed by atoms with Gasteiger partial charge in [0.05, 0.1) is 13.2 Å². The lowest BCUT2D eigenvalue weighted by atomic mass is 10.1. The standard InChI is InChI=1S/C22H22O3/c23-21(19-11-3-1-4-12-19)15-7-9-17-25-18-10-8-16-22(24)20-13-5-2-6-14-20/h1-6,11-14,21-24H,9-10,17-18H2/t21-,22-/m1/s1. The Balaban J connectivity index is 1.59. The van der Waals surface area contributed by atoms with Gasteiger partial charge in [-0.25, -0.2) is 0 Å². The molecule has 25 heavy (non-hydrogen) atoms. The first-order valence-corrected chi connectivity index (χ1v) is 8.28. The van der Waals surface area contributed by atoms with E-state index in [0.29, 0.717) is 26.1 Å². The summed E-state index contributed by atoms with van der Waals surface area (Å²) >= 11 is 0. The van der Waals surface area contributed by atoms with E-state index in [0.717, 1.165) is 11.1 Å². The average molecular weight is 334 g/mol. The Labute approximate surface area is 149 Å². The predicted molar refractivity (Wildman–Crippen MR) is 98.4 cm³/mol. The van der Waals surface area contributed by atoms with Crippen LogP contribution in [-0.4, -0.2) is 23.4 Å². The maximum Gasteiger partial charge on any atom is 0.140 e. The van der Waals surface area contributed by atoms with E-state index in [1.165, 1.54) is 0 Å². The van der Waals surface area contributed by atoms with Crippen LogP contribution in [0.3, 0.4) is 0 Å². The van der Waals surface area contributed by atoms with Crippen LogP contribution in [0, 0.1) is 23.7 Å². The zero-order valence-corrected chi connectivity index (χ0v) is 14.1. The molecule has 0 radical (unpaired) electrons. The van der Waals surface area contributed by atoms with Crippen molar-refractivity contribution in [2.75, 3.05) is 13.2 Å². The van der Waals surface area contributed by atoms with E-state index in [9.17, 15) is 10.2 Å². The molecule has 0 aliphatic rings. The van der Waals surface area contributed by atoms with Crippen molar-refractivity contribution < 1.29 is 14.9 Å². The molecule has 0 aliphatic heterocycles. The third-order valence-corrected chi connectivity index (χ3v) is 3.45. The highest BCUT2D eigenvalue weighted by atomic mass is 16.5. The van der Waals surface area contributed by atoms with Gasteiger partial charge in [0.2, 0.25) is 0 Å². The highest BCUT2D eigenvalue weighted by molar-refractivity contribution is 5.25. The van der Waals surface area contributed by atoms with Gasteiger partial charge >= 0.3 is 0 Å². The predicted octanol–water partition coefficient (Wildman–Crippen LogP) is 3.26. The molecule has 2 N–H and O–H groups in total. The Morgan fingerprint density at radius 1 is 0.680 bits per heavy atom. The molecule has 2 atom stereocenters. The van der Waals surface area contributed by atoms with Crippen LogP contribution in [0.2, 0.25) is 0 Å². The molecule has 2 aromatic rings. The van der Waals surface area contributed by atoms with Crippen molar-refractivity contribution in [3.63, 3.8) is 0 Å². The first-order chi connectivity index (χ1) is 12.3. The van der Waals surface area contributed by atoms with Gasteiger partial charge < -0.3 is 14.9 Å². The van der Waals surface area contributed by atoms with Gasteiger partial charge in [0.15, 0.2) is 0 Å². The third-order valence-electron chi connectivity index (χ3n) is 3.45. The Kier molecular flexibility index (Phi) is 8.32. The summed E-state index contributed by atoms with van der Waals surface area (Å²) in [6.07, 6.45) is -0.397. The summed E-state index contributed by atoms with van der Waals surface area (Å²) in [6, 6.07) is 18.7. The molecule has 0 heterocycles. The van der Waals surface area contributed by atoms with Gasteiger partial charge in [-0.05, 0) is 11.1 Å². The smallest absolute Gasteiger partial charge is 0.140 e. The van der Waals surface area contributed by atoms with E-state index in [1.807, 2.05) is 60.7 Å². The van der Waals surface area contributed by atoms with Crippen LogP contribution >= 0.6 is 0 Å². The third kappa shape index (κ3) is 7.25. The van der Waals surface area contributed by atoms with Crippen LogP contribution in [0.5, 0.6) is 0 Å². The van der Waals surface area contributed by atoms with E-state index < -0.39 is 12.2 Å². The van der Waals surface area contributed by atoms with Gasteiger partial charge in [-0.3, -0.25) is 0 Å². The molecule has 128 valence electrons. The van der Waals surface area contributed by atoms with Crippen LogP contribution in [0.25, 0.3) is 0 Å². The molecular formula is C22H22O3. The Bertz CT molecular complexity index is 667. The zero-order chi connectivity index (χ0) is 17.7. The molecular weight excluding hydrogens is 312 g/mol. The second-order valence-corrected chi connectivity index (χ2v) is 5.38. The first-order valence-electron chi connectivity index (χ1n) is 8.28. The number of hydrogen-bond donors (Lipinski definition) is 2. The fourth-order valence-corrected chi connectivity index (χ4v) is 2.12. The monoisotopic (exact) mass is 334 g/mol. The summed E-state index contributed by atoms with van der Waals surface area (Å²) in [5.74, 6) is 11.4. The highest BCUT2D eigenvalue weighted by Crippen LogP contribution is 2.11. The summed E-state index contributed by atoms with van der Waals surface area (Å²) in [4.78, 5) is 0. The number of aliphatic hydroxyl groups is 2. The summed E-state index contributed by atoms with van der Waals surface area (Å²) in [5.41, 5.74) is 1.59. The van der Waals surface area contributed by atoms with Gasteiger partial charge in [0, 0.05) is 12.8 Å². The Morgan fingerprint density at radius 2 is 1.08 bits per heavy atom. The molecule has 0 saturated heterocycles. The Morgan fingerprint density at radius 3 is 1.48 bits per heavy atom. The van der Waals surface area contributed by atoms with E-state index in [4.69, 9.17) is 4.74 Å². The Hall–Kier alpha value is -2.56. The molecule has 2 aromatic carbocycles. The van der Waals surface area contributed by atoms with E-state index in [-0.39, 0.29) is 0 Å². The summed E-state index contributed by atoms with van der Waals surface area (Å²) in [6.45, 7) is 0.995. The number of aliphatic hydroxyl groups excluding tert-OH is 2. The molecule has 3 heteroatoms. The maximum atomic E-state index is 9.88. The van der Waals surface area contributed by atoms with Crippen molar-refractivity contribution in [3.05, 3.63) is 71.8 Å². The minimum atomic E-state index is -0.758. The van der Waals surface area contributed by atoms with Gasteiger partial charge in [-0.15, -0.1) is 0 Å². The van der Waals surface area contributed by atoms with E-state index in [2.05, 4.69) is 23.7 Å². The van der Waals surface area contributed by atoms with Gasteiger partial charge in [-0.2, -0.15) is 0 Å². The molecule has 0 spiro atoms. The second kappa shape index (κ2) is 11.1. The van der Waals surface area contributed by atoms with Crippen molar-refractivity contribution >= 4 is 0 Å². The highest BCUT2D eigenvalue weighted by Gasteiger charge is 2.01. The fourth-order valence-electron chi connectivity index (χ4n) is 2.12. The van der Waals surface area contributed by atoms with Crippen molar-refractivity contribution in [3.8, 4) is 23.7 Å². The SMILES string of the molecule is O[C@H](C#CCCOCCC#C[C@@H](O)c1ccccc1)c1ccccc1. The largest absolute Gasteiger partial charge is 0.379 e. The van der Waals surface area contributed by atoms with Gasteiger partial charge in [0.1, 0.15) is 12.2 Å². The van der Waals surface area contributed by atoms with Gasteiger partial charge in [0.25, 0.3) is 0 Å². The summed E-state index contributed by atoms with van der Waals surface area (Å²) in [5, 5.41) is 19.8. The molecule has 0 aromatic heterocycles. The van der Waals surface area contributed by atoms with Crippen LogP contribution in [0.1, 0.15) is 36.2 Å². The van der Waals surface area contributed by atoms with Crippen molar-refractivity contribution in [1.29, 1.82) is 0 Å². The molecule has 2 rings (SSSR count). The fraction of sp³-hybridized carbons (Fsp3) is 0.273. The number of ether oxygens (including phenoxy) is 1. The lowest BCUT2D eigenvalue weighted by Crippen LogP contribution is -1.97. The minimum absolute atomic E-state index is 0.497. The number of hydrogen-bond acceptors (Lipinski definition) is 3. The van der Waals surface area contributed by atoms with Crippen LogP contribution in [0.15, 0.2) is 60.7 Å². The zero-order valence-electron chi connectivity index (χ0n) is 14.1. The lowest BCUT2D eigenvalue weighted by molar-refractivity contribution is 0.145. The summed E-state index contributed by atoms with van der Waals surface area (Å²) in [7, 11) is 0. The van der Waals surface area contributed by atoms with Crippen LogP contribution < -0.4 is 0 Å². The van der Waals surface area contributed by atoms with Crippen LogP contribution in [-0.2, 0) is 4.74 Å². The maximum absolute atomic E-state index is 9.88. The van der Waals surface area contributed by atoms with Gasteiger partial charge in [-0.1, -0.05) is 84.3 Å². The quantitative estimate of drug-likeness (QED) is 0.630. The van der Waals surface area contributed by atoms with E-state index in [1.54, 1.807) is 0 Å². The topological polar surface area (TPSA) is 49.7 Å². The molecule has 0 aliphatic carbocycles. The minimum Gasteiger partial charge on any atom is -0.379 e. The van der Waals surface area contributed by atoms with Crippen LogP contribution in [0.4, 0.5) is 0 Å². The molecule has 0 unspecified atom stereocenters. The molecule has 0 fully saturated rings. The lowest BCUT2D eigenvalue weighted by Gasteiger charge is -2.02. The number of benzene rings is 2. The molecule has 0 saturated carbocycles. The van der Waals surface area contributed by atoms with Crippen molar-refractivity contribution in [2.45, 2.75) is 25.0 Å². The summed E-state index contributed by atoms with van der Waals surface area (Å²) < 4.78 is 5.44. The van der Waals surface area contributed by atoms with E-state index >= 15 is 0 Å². The first kappa shape index (κ1) is 18.8. The van der Waals surface area contributed by atoms with Crippen molar-refractivity contribution in [1.82, 2.24) is 0 Å². The second-order valence-electron chi connectivity index (χ2n) is 5.38. The molecule has 0 bridgehead atoms. The number of rotatable bonds is 6. The average Bonchev–Trinajstić information content (AvgIpc) is 2.67. The molecule has 0 amide bonds. The molecule has 3 nitrogen and oxygen atoms in total. The normalized spacial score (nSPS) is 12.2. The van der Waals surface area contributed by atoms with Crippen molar-refractivity contribution in [2.24, 2.45) is 0 Å².